The third-order valence-corrected chi connectivity index (χ3v) is 3.79. The summed E-state index contributed by atoms with van der Waals surface area (Å²) in [7, 11) is 0. The summed E-state index contributed by atoms with van der Waals surface area (Å²) < 4.78 is 76.2. The Hall–Kier alpha value is -0.760. The van der Waals surface area contributed by atoms with Crippen molar-refractivity contribution >= 4 is 11.3 Å². The van der Waals surface area contributed by atoms with E-state index >= 15 is 0 Å². The second-order valence-corrected chi connectivity index (χ2v) is 5.38. The van der Waals surface area contributed by atoms with Crippen LogP contribution in [0.4, 0.5) is 26.3 Å². The van der Waals surface area contributed by atoms with Gasteiger partial charge in [-0.15, -0.1) is 11.3 Å². The Morgan fingerprint density at radius 3 is 2.15 bits per heavy atom. The molecule has 0 saturated heterocycles. The van der Waals surface area contributed by atoms with Crippen LogP contribution in [0.1, 0.15) is 18.2 Å². The molecule has 0 aliphatic heterocycles. The van der Waals surface area contributed by atoms with Crippen LogP contribution in [0.5, 0.6) is 0 Å². The minimum atomic E-state index is -5.31. The minimum absolute atomic E-state index is 0.0533. The third kappa shape index (κ3) is 4.97. The molecule has 0 saturated carbocycles. The Bertz CT molecular complexity index is 370. The molecule has 1 aromatic heterocycles. The van der Waals surface area contributed by atoms with Crippen molar-refractivity contribution < 1.29 is 26.3 Å². The Kier molecular flexibility index (Phi) is 5.88. The first-order chi connectivity index (χ1) is 9.16. The van der Waals surface area contributed by atoms with E-state index in [4.69, 9.17) is 0 Å². The van der Waals surface area contributed by atoms with Gasteiger partial charge in [-0.3, -0.25) is 0 Å². The number of aryl methyl sites for hydroxylation is 1. The van der Waals surface area contributed by atoms with Gasteiger partial charge < -0.3 is 5.32 Å². The van der Waals surface area contributed by atoms with E-state index in [-0.39, 0.29) is 19.4 Å². The lowest BCUT2D eigenvalue weighted by molar-refractivity contribution is -0.292. The summed E-state index contributed by atoms with van der Waals surface area (Å²) in [6.45, 7) is 1.54. The van der Waals surface area contributed by atoms with Crippen molar-refractivity contribution in [2.45, 2.75) is 38.2 Å². The molecule has 116 valence electrons. The number of hydrogen-bond donors (Lipinski definition) is 1. The first-order valence-corrected chi connectivity index (χ1v) is 6.93. The maximum absolute atomic E-state index is 12.7. The van der Waals surface area contributed by atoms with Gasteiger partial charge in [0.1, 0.15) is 0 Å². The van der Waals surface area contributed by atoms with Gasteiger partial charge in [0.15, 0.2) is 5.92 Å². The molecule has 0 aliphatic carbocycles. The van der Waals surface area contributed by atoms with Gasteiger partial charge in [-0.05, 0) is 30.8 Å². The lowest BCUT2D eigenvalue weighted by Crippen LogP contribution is -2.51. The van der Waals surface area contributed by atoms with Gasteiger partial charge >= 0.3 is 12.4 Å². The molecule has 8 heteroatoms. The number of nitrogens with one attached hydrogen (secondary N) is 1. The number of halogens is 6. The molecular formula is C12H15F6NS. The fraction of sp³-hybridized carbons (Fsp3) is 0.667. The summed E-state index contributed by atoms with van der Waals surface area (Å²) in [6.07, 6.45) is -10.6. The summed E-state index contributed by atoms with van der Waals surface area (Å²) in [4.78, 5) is 0.774. The largest absolute Gasteiger partial charge is 0.401 e. The van der Waals surface area contributed by atoms with E-state index in [0.29, 0.717) is 0 Å². The highest BCUT2D eigenvalue weighted by atomic mass is 32.1. The fourth-order valence-electron chi connectivity index (χ4n) is 2.04. The normalized spacial score (nSPS) is 14.8. The van der Waals surface area contributed by atoms with Crippen LogP contribution in [0.15, 0.2) is 17.5 Å². The number of rotatable bonds is 6. The second kappa shape index (κ2) is 6.80. The van der Waals surface area contributed by atoms with Crippen molar-refractivity contribution in [2.75, 3.05) is 6.54 Å². The van der Waals surface area contributed by atoms with Gasteiger partial charge in [0.25, 0.3) is 0 Å². The van der Waals surface area contributed by atoms with Crippen molar-refractivity contribution in [3.63, 3.8) is 0 Å². The third-order valence-electron chi connectivity index (χ3n) is 2.86. The average molecular weight is 319 g/mol. The monoisotopic (exact) mass is 319 g/mol. The number of alkyl halides is 6. The second-order valence-electron chi connectivity index (χ2n) is 4.34. The van der Waals surface area contributed by atoms with Gasteiger partial charge in [0, 0.05) is 10.9 Å². The molecule has 0 aliphatic rings. The molecule has 1 atom stereocenters. The summed E-state index contributed by atoms with van der Waals surface area (Å²) >= 11 is 1.32. The number of hydrogen-bond acceptors (Lipinski definition) is 2. The molecule has 20 heavy (non-hydrogen) atoms. The summed E-state index contributed by atoms with van der Waals surface area (Å²) in [5.41, 5.74) is 0. The maximum atomic E-state index is 12.7. The van der Waals surface area contributed by atoms with Gasteiger partial charge in [-0.1, -0.05) is 13.0 Å². The molecule has 0 spiro atoms. The van der Waals surface area contributed by atoms with E-state index in [0.717, 1.165) is 4.88 Å². The van der Waals surface area contributed by atoms with Crippen LogP contribution in [-0.4, -0.2) is 24.9 Å². The Balaban J connectivity index is 2.84. The van der Waals surface area contributed by atoms with Crippen molar-refractivity contribution in [2.24, 2.45) is 5.92 Å². The van der Waals surface area contributed by atoms with Crippen molar-refractivity contribution in [1.29, 1.82) is 0 Å². The van der Waals surface area contributed by atoms with Crippen LogP contribution in [0.3, 0.4) is 0 Å². The Morgan fingerprint density at radius 2 is 1.75 bits per heavy atom. The van der Waals surface area contributed by atoms with Crippen LogP contribution in [0, 0.1) is 5.92 Å². The van der Waals surface area contributed by atoms with Gasteiger partial charge in [-0.2, -0.15) is 26.3 Å². The van der Waals surface area contributed by atoms with Gasteiger partial charge in [0.2, 0.25) is 0 Å². The highest BCUT2D eigenvalue weighted by molar-refractivity contribution is 7.09. The minimum Gasteiger partial charge on any atom is -0.313 e. The van der Waals surface area contributed by atoms with E-state index in [1.807, 2.05) is 0 Å². The zero-order valence-corrected chi connectivity index (χ0v) is 11.5. The van der Waals surface area contributed by atoms with Gasteiger partial charge in [-0.25, -0.2) is 0 Å². The Labute approximate surface area is 117 Å². The molecule has 1 nitrogen and oxygen atoms in total. The fourth-order valence-corrected chi connectivity index (χ4v) is 2.77. The molecule has 1 heterocycles. The van der Waals surface area contributed by atoms with E-state index in [9.17, 15) is 26.3 Å². The quantitative estimate of drug-likeness (QED) is 0.766. The molecule has 1 N–H and O–H groups in total. The molecule has 0 fully saturated rings. The molecule has 1 rings (SSSR count). The predicted octanol–water partition coefficient (Wildman–Crippen LogP) is 4.40. The van der Waals surface area contributed by atoms with E-state index < -0.39 is 24.3 Å². The zero-order chi connectivity index (χ0) is 15.4. The maximum Gasteiger partial charge on any atom is 0.401 e. The zero-order valence-electron chi connectivity index (χ0n) is 10.7. The molecule has 0 bridgehead atoms. The molecule has 0 radical (unpaired) electrons. The summed E-state index contributed by atoms with van der Waals surface area (Å²) in [6, 6.07) is 1.75. The van der Waals surface area contributed by atoms with E-state index in [1.165, 1.54) is 18.3 Å². The van der Waals surface area contributed by atoms with Crippen LogP contribution in [-0.2, 0) is 6.42 Å². The highest BCUT2D eigenvalue weighted by Gasteiger charge is 2.59. The van der Waals surface area contributed by atoms with Gasteiger partial charge in [0.05, 0.1) is 0 Å². The molecule has 0 amide bonds. The van der Waals surface area contributed by atoms with Crippen LogP contribution >= 0.6 is 11.3 Å². The van der Waals surface area contributed by atoms with E-state index in [2.05, 4.69) is 5.32 Å². The lowest BCUT2D eigenvalue weighted by Gasteiger charge is -2.31. The first kappa shape index (κ1) is 17.3. The highest BCUT2D eigenvalue weighted by Crippen LogP contribution is 2.42. The molecule has 0 aromatic carbocycles. The van der Waals surface area contributed by atoms with Crippen LogP contribution in [0.25, 0.3) is 0 Å². The Morgan fingerprint density at radius 1 is 1.15 bits per heavy atom. The van der Waals surface area contributed by atoms with Crippen LogP contribution in [0.2, 0.25) is 0 Å². The SMILES string of the molecule is CCNC(CCc1cccs1)C(C(F)(F)F)C(F)(F)F. The average Bonchev–Trinajstić information content (AvgIpc) is 2.74. The number of thiophene rings is 1. The molecule has 1 aromatic rings. The predicted molar refractivity (Wildman–Crippen MR) is 65.7 cm³/mol. The van der Waals surface area contributed by atoms with Crippen molar-refractivity contribution in [3.05, 3.63) is 22.4 Å². The topological polar surface area (TPSA) is 12.0 Å². The molecular weight excluding hydrogens is 304 g/mol. The van der Waals surface area contributed by atoms with Crippen LogP contribution < -0.4 is 5.32 Å². The van der Waals surface area contributed by atoms with Crippen molar-refractivity contribution in [3.8, 4) is 0 Å². The van der Waals surface area contributed by atoms with E-state index in [1.54, 1.807) is 17.5 Å². The van der Waals surface area contributed by atoms with Crippen molar-refractivity contribution in [1.82, 2.24) is 5.32 Å². The molecule has 1 unspecified atom stereocenters. The lowest BCUT2D eigenvalue weighted by atomic mass is 9.93. The summed E-state index contributed by atoms with van der Waals surface area (Å²) in [5, 5.41) is 4.06. The summed E-state index contributed by atoms with van der Waals surface area (Å²) in [5.74, 6) is -3.34. The standard InChI is InChI=1S/C12H15F6NS/c1-2-19-9(6-5-8-4-3-7-20-8)10(11(13,14)15)12(16,17)18/h3-4,7,9-10,19H,2,5-6H2,1H3. The first-order valence-electron chi connectivity index (χ1n) is 6.05. The smallest absolute Gasteiger partial charge is 0.313 e.